The Kier molecular flexibility index (Phi) is 5.18. The van der Waals surface area contributed by atoms with Crippen molar-refractivity contribution in [3.63, 3.8) is 0 Å². The van der Waals surface area contributed by atoms with E-state index in [-0.39, 0.29) is 12.5 Å². The maximum atomic E-state index is 12.8. The predicted molar refractivity (Wildman–Crippen MR) is 64.5 cm³/mol. The second kappa shape index (κ2) is 6.42. The maximum absolute atomic E-state index is 12.8. The van der Waals surface area contributed by atoms with Gasteiger partial charge in [-0.2, -0.15) is 0 Å². The molecule has 1 amide bonds. The first-order chi connectivity index (χ1) is 8.44. The number of amides is 1. The highest BCUT2D eigenvalue weighted by Gasteiger charge is 2.26. The Morgan fingerprint density at radius 2 is 2.06 bits per heavy atom. The topological polar surface area (TPSA) is 61.4 Å². The van der Waals surface area contributed by atoms with Crippen molar-refractivity contribution in [3.8, 4) is 0 Å². The molecule has 1 aromatic rings. The molecule has 3 N–H and O–H groups in total. The molecule has 0 aliphatic carbocycles. The minimum absolute atomic E-state index is 0.187. The van der Waals surface area contributed by atoms with Gasteiger partial charge in [-0.05, 0) is 11.6 Å². The Balaban J connectivity index is 2.59. The summed E-state index contributed by atoms with van der Waals surface area (Å²) in [6.45, 7) is -0.235. The highest BCUT2D eigenvalue weighted by Crippen LogP contribution is 2.15. The third-order valence-electron chi connectivity index (χ3n) is 2.26. The van der Waals surface area contributed by atoms with Gasteiger partial charge in [0, 0.05) is 19.2 Å². The lowest BCUT2D eigenvalue weighted by molar-refractivity contribution is -0.114. The molecule has 0 unspecified atom stereocenters. The van der Waals surface area contributed by atoms with Crippen LogP contribution in [0.2, 0.25) is 0 Å². The van der Waals surface area contributed by atoms with Crippen LogP contribution < -0.4 is 10.6 Å². The van der Waals surface area contributed by atoms with Gasteiger partial charge in [0.1, 0.15) is 6.61 Å². The molecule has 0 saturated heterocycles. The predicted octanol–water partition coefficient (Wildman–Crippen LogP) is 1.36. The molecule has 6 heteroatoms. The standard InChI is InChI=1S/C12H16F2N2O2/c1-9(18)16-11-5-3-2-4-10(11)6-15-7-12(13,14)8-17/h2-5,15,17H,6-8H2,1H3,(H,16,18). The summed E-state index contributed by atoms with van der Waals surface area (Å²) in [7, 11) is 0. The van der Waals surface area contributed by atoms with Gasteiger partial charge >= 0.3 is 0 Å². The lowest BCUT2D eigenvalue weighted by Gasteiger charge is -2.15. The van der Waals surface area contributed by atoms with E-state index in [1.807, 2.05) is 0 Å². The Bertz CT molecular complexity index is 411. The molecule has 0 bridgehead atoms. The second-order valence-electron chi connectivity index (χ2n) is 3.96. The largest absolute Gasteiger partial charge is 0.390 e. The van der Waals surface area contributed by atoms with Crippen LogP contribution in [0.4, 0.5) is 14.5 Å². The number of benzene rings is 1. The van der Waals surface area contributed by atoms with Crippen molar-refractivity contribution < 1.29 is 18.7 Å². The van der Waals surface area contributed by atoms with Gasteiger partial charge in [0.2, 0.25) is 5.91 Å². The van der Waals surface area contributed by atoms with Crippen LogP contribution in [0.15, 0.2) is 24.3 Å². The molecule has 0 fully saturated rings. The summed E-state index contributed by atoms with van der Waals surface area (Å²) in [5.74, 6) is -3.36. The number of rotatable bonds is 6. The number of carbonyl (C=O) groups is 1. The minimum atomic E-state index is -3.14. The highest BCUT2D eigenvalue weighted by atomic mass is 19.3. The van der Waals surface area contributed by atoms with Crippen LogP contribution in [0.25, 0.3) is 0 Å². The van der Waals surface area contributed by atoms with Crippen molar-refractivity contribution in [2.75, 3.05) is 18.5 Å². The first-order valence-electron chi connectivity index (χ1n) is 5.49. The molecule has 0 heterocycles. The summed E-state index contributed by atoms with van der Waals surface area (Å²) in [6.07, 6.45) is 0. The Morgan fingerprint density at radius 1 is 1.39 bits per heavy atom. The van der Waals surface area contributed by atoms with Crippen molar-refractivity contribution in [2.45, 2.75) is 19.4 Å². The zero-order valence-corrected chi connectivity index (χ0v) is 10.0. The fourth-order valence-corrected chi connectivity index (χ4v) is 1.42. The van der Waals surface area contributed by atoms with Gasteiger partial charge in [-0.25, -0.2) is 8.78 Å². The van der Waals surface area contributed by atoms with E-state index in [4.69, 9.17) is 5.11 Å². The molecule has 18 heavy (non-hydrogen) atoms. The Morgan fingerprint density at radius 3 is 2.67 bits per heavy atom. The smallest absolute Gasteiger partial charge is 0.282 e. The van der Waals surface area contributed by atoms with Gasteiger partial charge in [-0.1, -0.05) is 18.2 Å². The Labute approximate surface area is 104 Å². The number of anilines is 1. The molecule has 0 atom stereocenters. The summed E-state index contributed by atoms with van der Waals surface area (Å²) in [6, 6.07) is 6.93. The van der Waals surface area contributed by atoms with Crippen molar-refractivity contribution in [1.29, 1.82) is 0 Å². The summed E-state index contributed by atoms with van der Waals surface area (Å²) in [4.78, 5) is 11.0. The van der Waals surface area contributed by atoms with Crippen LogP contribution in [-0.4, -0.2) is 30.1 Å². The minimum Gasteiger partial charge on any atom is -0.390 e. The van der Waals surface area contributed by atoms with Gasteiger partial charge < -0.3 is 15.7 Å². The average Bonchev–Trinajstić information content (AvgIpc) is 2.30. The van der Waals surface area contributed by atoms with Gasteiger partial charge in [0.25, 0.3) is 5.92 Å². The SMILES string of the molecule is CC(=O)Nc1ccccc1CNCC(F)(F)CO. The summed E-state index contributed by atoms with van der Waals surface area (Å²) < 4.78 is 25.6. The number of hydrogen-bond donors (Lipinski definition) is 3. The van der Waals surface area contributed by atoms with Crippen molar-refractivity contribution >= 4 is 11.6 Å². The fraction of sp³-hybridized carbons (Fsp3) is 0.417. The third-order valence-corrected chi connectivity index (χ3v) is 2.26. The molecule has 0 aliphatic rings. The molecule has 0 radical (unpaired) electrons. The maximum Gasteiger partial charge on any atom is 0.282 e. The van der Waals surface area contributed by atoms with Crippen molar-refractivity contribution in [1.82, 2.24) is 5.32 Å². The van der Waals surface area contributed by atoms with E-state index < -0.39 is 19.1 Å². The van der Waals surface area contributed by atoms with E-state index in [2.05, 4.69) is 10.6 Å². The molecule has 1 rings (SSSR count). The first kappa shape index (κ1) is 14.5. The summed E-state index contributed by atoms with van der Waals surface area (Å²) >= 11 is 0. The van der Waals surface area contributed by atoms with Crippen LogP contribution in [0, 0.1) is 0 Å². The molecular formula is C12H16F2N2O2. The number of nitrogens with one attached hydrogen (secondary N) is 2. The van der Waals surface area contributed by atoms with Gasteiger partial charge in [-0.3, -0.25) is 4.79 Å². The molecule has 0 spiro atoms. The van der Waals surface area contributed by atoms with Crippen molar-refractivity contribution in [3.05, 3.63) is 29.8 Å². The zero-order valence-electron chi connectivity index (χ0n) is 10.0. The first-order valence-corrected chi connectivity index (χ1v) is 5.49. The van der Waals surface area contributed by atoms with E-state index in [9.17, 15) is 13.6 Å². The fourth-order valence-electron chi connectivity index (χ4n) is 1.42. The average molecular weight is 258 g/mol. The lowest BCUT2D eigenvalue weighted by atomic mass is 10.1. The van der Waals surface area contributed by atoms with E-state index in [0.717, 1.165) is 0 Å². The number of alkyl halides is 2. The number of carbonyl (C=O) groups excluding carboxylic acids is 1. The van der Waals surface area contributed by atoms with Gasteiger partial charge in [-0.15, -0.1) is 0 Å². The lowest BCUT2D eigenvalue weighted by Crippen LogP contribution is -2.35. The molecule has 0 aromatic heterocycles. The zero-order chi connectivity index (χ0) is 13.6. The van der Waals surface area contributed by atoms with E-state index in [0.29, 0.717) is 11.3 Å². The normalized spacial score (nSPS) is 11.3. The number of halogens is 2. The van der Waals surface area contributed by atoms with E-state index in [1.165, 1.54) is 6.92 Å². The van der Waals surface area contributed by atoms with Gasteiger partial charge in [0.15, 0.2) is 0 Å². The quantitative estimate of drug-likeness (QED) is 0.722. The molecule has 100 valence electrons. The highest BCUT2D eigenvalue weighted by molar-refractivity contribution is 5.89. The molecule has 4 nitrogen and oxygen atoms in total. The number of aliphatic hydroxyl groups excluding tert-OH is 1. The summed E-state index contributed by atoms with van der Waals surface area (Å²) in [5, 5.41) is 13.6. The molecule has 0 saturated carbocycles. The number of hydrogen-bond acceptors (Lipinski definition) is 3. The van der Waals surface area contributed by atoms with Crippen LogP contribution >= 0.6 is 0 Å². The molecular weight excluding hydrogens is 242 g/mol. The van der Waals surface area contributed by atoms with E-state index in [1.54, 1.807) is 24.3 Å². The van der Waals surface area contributed by atoms with E-state index >= 15 is 0 Å². The number of aliphatic hydroxyl groups is 1. The third kappa shape index (κ3) is 4.77. The molecule has 0 aliphatic heterocycles. The van der Waals surface area contributed by atoms with Crippen LogP contribution in [0.3, 0.4) is 0 Å². The van der Waals surface area contributed by atoms with Crippen molar-refractivity contribution in [2.24, 2.45) is 0 Å². The second-order valence-corrected chi connectivity index (χ2v) is 3.96. The molecule has 1 aromatic carbocycles. The van der Waals surface area contributed by atoms with Crippen LogP contribution in [0.5, 0.6) is 0 Å². The van der Waals surface area contributed by atoms with Gasteiger partial charge in [0.05, 0.1) is 6.54 Å². The monoisotopic (exact) mass is 258 g/mol. The summed E-state index contributed by atoms with van der Waals surface area (Å²) in [5.41, 5.74) is 1.30. The number of para-hydroxylation sites is 1. The van der Waals surface area contributed by atoms with Crippen LogP contribution in [-0.2, 0) is 11.3 Å². The van der Waals surface area contributed by atoms with Crippen LogP contribution in [0.1, 0.15) is 12.5 Å². The Hall–Kier alpha value is -1.53.